The van der Waals surface area contributed by atoms with Crippen LogP contribution in [0.2, 0.25) is 0 Å². The molecule has 152 valence electrons. The fourth-order valence-electron chi connectivity index (χ4n) is 4.87. The van der Waals surface area contributed by atoms with Crippen molar-refractivity contribution in [1.29, 1.82) is 0 Å². The summed E-state index contributed by atoms with van der Waals surface area (Å²) in [6.45, 7) is 1.26. The standard InChI is InChI=1S/C23H19NO6/c1-10(25)23(30)8-7-11-13(9-23)20(27)17-16(19(11)26)21(28)15-12-5-3-4-6-14(12)24(2)18(15)22(17)29/h3-6,26-27,30H,7-9H2,1-2H3. The number of phenols is 2. The maximum absolute atomic E-state index is 13.4. The van der Waals surface area contributed by atoms with Gasteiger partial charge in [0.25, 0.3) is 0 Å². The molecule has 0 fully saturated rings. The molecule has 1 atom stereocenters. The van der Waals surface area contributed by atoms with Crippen molar-refractivity contribution < 1.29 is 29.7 Å². The zero-order chi connectivity index (χ0) is 21.5. The van der Waals surface area contributed by atoms with E-state index in [0.29, 0.717) is 16.5 Å². The number of phenolic OH excluding ortho intramolecular Hbond substituents is 2. The zero-order valence-corrected chi connectivity index (χ0v) is 16.4. The van der Waals surface area contributed by atoms with E-state index in [1.165, 1.54) is 6.92 Å². The number of carbonyl (C=O) groups excluding carboxylic acids is 3. The van der Waals surface area contributed by atoms with Gasteiger partial charge in [-0.1, -0.05) is 18.2 Å². The number of benzene rings is 2. The van der Waals surface area contributed by atoms with E-state index in [4.69, 9.17) is 0 Å². The van der Waals surface area contributed by atoms with Gasteiger partial charge in [0.05, 0.1) is 16.7 Å². The van der Waals surface area contributed by atoms with Crippen LogP contribution in [0.15, 0.2) is 24.3 Å². The molecular formula is C23H19NO6. The van der Waals surface area contributed by atoms with E-state index in [9.17, 15) is 29.7 Å². The molecule has 30 heavy (non-hydrogen) atoms. The van der Waals surface area contributed by atoms with Gasteiger partial charge in [0.2, 0.25) is 11.6 Å². The van der Waals surface area contributed by atoms with Crippen molar-refractivity contribution in [3.63, 3.8) is 0 Å². The average molecular weight is 405 g/mol. The fourth-order valence-corrected chi connectivity index (χ4v) is 4.87. The molecule has 3 N–H and O–H groups in total. The minimum Gasteiger partial charge on any atom is -0.507 e. The minimum atomic E-state index is -1.68. The first kappa shape index (κ1) is 18.6. The molecule has 0 radical (unpaired) electrons. The number of carbonyl (C=O) groups is 3. The third kappa shape index (κ3) is 2.10. The molecule has 5 rings (SSSR count). The van der Waals surface area contributed by atoms with Gasteiger partial charge in [-0.2, -0.15) is 0 Å². The summed E-state index contributed by atoms with van der Waals surface area (Å²) >= 11 is 0. The lowest BCUT2D eigenvalue weighted by molar-refractivity contribution is -0.136. The van der Waals surface area contributed by atoms with Crippen molar-refractivity contribution in [1.82, 2.24) is 4.57 Å². The normalized spacial score (nSPS) is 20.1. The summed E-state index contributed by atoms with van der Waals surface area (Å²) in [5.74, 6) is -2.37. The number of nitrogens with zero attached hydrogens (tertiary/aromatic N) is 1. The Morgan fingerprint density at radius 1 is 1.00 bits per heavy atom. The number of hydrogen-bond donors (Lipinski definition) is 3. The van der Waals surface area contributed by atoms with Gasteiger partial charge in [-0.25, -0.2) is 0 Å². The predicted octanol–water partition coefficient (Wildman–Crippen LogP) is 2.17. The molecule has 2 aliphatic carbocycles. The molecule has 0 amide bonds. The van der Waals surface area contributed by atoms with Crippen LogP contribution in [0.3, 0.4) is 0 Å². The van der Waals surface area contributed by atoms with Gasteiger partial charge in [0, 0.05) is 35.5 Å². The first-order valence-corrected chi connectivity index (χ1v) is 9.67. The van der Waals surface area contributed by atoms with Crippen LogP contribution in [0.4, 0.5) is 0 Å². The van der Waals surface area contributed by atoms with Gasteiger partial charge < -0.3 is 19.9 Å². The Hall–Kier alpha value is -3.45. The summed E-state index contributed by atoms with van der Waals surface area (Å²) in [4.78, 5) is 38.8. The minimum absolute atomic E-state index is 0.0583. The third-order valence-corrected chi connectivity index (χ3v) is 6.58. The Kier molecular flexibility index (Phi) is 3.59. The van der Waals surface area contributed by atoms with Gasteiger partial charge in [-0.3, -0.25) is 14.4 Å². The second-order valence-corrected chi connectivity index (χ2v) is 8.13. The number of aromatic hydroxyl groups is 2. The van der Waals surface area contributed by atoms with Crippen LogP contribution in [0.1, 0.15) is 56.4 Å². The maximum atomic E-state index is 13.4. The first-order chi connectivity index (χ1) is 14.2. The van der Waals surface area contributed by atoms with Crippen molar-refractivity contribution in [2.24, 2.45) is 7.05 Å². The van der Waals surface area contributed by atoms with E-state index >= 15 is 0 Å². The number of ketones is 3. The van der Waals surface area contributed by atoms with Gasteiger partial charge in [0.15, 0.2) is 5.78 Å². The molecule has 0 bridgehead atoms. The Morgan fingerprint density at radius 3 is 2.33 bits per heavy atom. The summed E-state index contributed by atoms with van der Waals surface area (Å²) in [5.41, 5.74) is -0.710. The zero-order valence-electron chi connectivity index (χ0n) is 16.4. The second kappa shape index (κ2) is 5.79. The first-order valence-electron chi connectivity index (χ1n) is 9.67. The molecule has 7 nitrogen and oxygen atoms in total. The van der Waals surface area contributed by atoms with Crippen LogP contribution in [-0.4, -0.2) is 42.8 Å². The number of Topliss-reactive ketones (excluding diaryl/α,β-unsaturated/α-hetero) is 1. The Morgan fingerprint density at radius 2 is 1.63 bits per heavy atom. The largest absolute Gasteiger partial charge is 0.507 e. The van der Waals surface area contributed by atoms with Crippen molar-refractivity contribution >= 4 is 28.3 Å². The number of para-hydroxylation sites is 1. The fraction of sp³-hybridized carbons (Fsp3) is 0.261. The molecule has 2 aromatic carbocycles. The summed E-state index contributed by atoms with van der Waals surface area (Å²) in [6.07, 6.45) is -0.0709. The predicted molar refractivity (Wildman–Crippen MR) is 107 cm³/mol. The molecule has 1 aromatic heterocycles. The third-order valence-electron chi connectivity index (χ3n) is 6.58. The number of aryl methyl sites for hydroxylation is 1. The van der Waals surface area contributed by atoms with Gasteiger partial charge >= 0.3 is 0 Å². The average Bonchev–Trinajstić information content (AvgIpc) is 3.02. The summed E-state index contributed by atoms with van der Waals surface area (Å²) in [5, 5.41) is 33.2. The van der Waals surface area contributed by atoms with E-state index < -0.39 is 28.7 Å². The monoisotopic (exact) mass is 405 g/mol. The van der Waals surface area contributed by atoms with Crippen LogP contribution in [0.25, 0.3) is 10.9 Å². The molecule has 1 unspecified atom stereocenters. The lowest BCUT2D eigenvalue weighted by Gasteiger charge is -2.33. The quantitative estimate of drug-likeness (QED) is 0.418. The molecule has 0 aliphatic heterocycles. The number of aromatic nitrogens is 1. The van der Waals surface area contributed by atoms with Crippen LogP contribution in [-0.2, 0) is 24.7 Å². The van der Waals surface area contributed by atoms with Gasteiger partial charge in [-0.15, -0.1) is 0 Å². The molecule has 0 saturated carbocycles. The highest BCUT2D eigenvalue weighted by atomic mass is 16.3. The van der Waals surface area contributed by atoms with Gasteiger partial charge in [-0.05, 0) is 25.8 Å². The lowest BCUT2D eigenvalue weighted by Crippen LogP contribution is -2.42. The van der Waals surface area contributed by atoms with E-state index in [2.05, 4.69) is 0 Å². The maximum Gasteiger partial charge on any atom is 0.214 e. The van der Waals surface area contributed by atoms with E-state index in [0.717, 1.165) is 0 Å². The van der Waals surface area contributed by atoms with E-state index in [1.54, 1.807) is 35.9 Å². The number of rotatable bonds is 1. The Labute approximate surface area is 171 Å². The molecule has 1 heterocycles. The SMILES string of the molecule is CC(=O)C1(O)CCc2c(O)c3c(c(O)c2C1)C(=O)c1c(c2ccccc2n1C)C3=O. The highest BCUT2D eigenvalue weighted by molar-refractivity contribution is 6.34. The van der Waals surface area contributed by atoms with Crippen molar-refractivity contribution in [3.8, 4) is 11.5 Å². The molecule has 7 heteroatoms. The van der Waals surface area contributed by atoms with E-state index in [1.807, 2.05) is 0 Å². The Balaban J connectivity index is 1.82. The van der Waals surface area contributed by atoms with Crippen molar-refractivity contribution in [2.45, 2.75) is 31.8 Å². The van der Waals surface area contributed by atoms with E-state index in [-0.39, 0.29) is 53.0 Å². The second-order valence-electron chi connectivity index (χ2n) is 8.13. The summed E-state index contributed by atoms with van der Waals surface area (Å²) < 4.78 is 1.61. The molecule has 0 saturated heterocycles. The van der Waals surface area contributed by atoms with Gasteiger partial charge in [0.1, 0.15) is 22.8 Å². The molecule has 2 aliphatic rings. The Bertz CT molecular complexity index is 1330. The summed E-state index contributed by atoms with van der Waals surface area (Å²) in [7, 11) is 1.67. The van der Waals surface area contributed by atoms with Crippen LogP contribution < -0.4 is 0 Å². The smallest absolute Gasteiger partial charge is 0.214 e. The van der Waals surface area contributed by atoms with Crippen LogP contribution >= 0.6 is 0 Å². The number of hydrogen-bond acceptors (Lipinski definition) is 6. The van der Waals surface area contributed by atoms with Crippen LogP contribution in [0, 0.1) is 0 Å². The molecule has 3 aromatic rings. The molecule has 0 spiro atoms. The van der Waals surface area contributed by atoms with Crippen molar-refractivity contribution in [2.75, 3.05) is 0 Å². The molecular weight excluding hydrogens is 386 g/mol. The highest BCUT2D eigenvalue weighted by Gasteiger charge is 2.45. The summed E-state index contributed by atoms with van der Waals surface area (Å²) in [6, 6.07) is 7.10. The van der Waals surface area contributed by atoms with Crippen molar-refractivity contribution in [3.05, 3.63) is 57.8 Å². The van der Waals surface area contributed by atoms with Crippen LogP contribution in [0.5, 0.6) is 11.5 Å². The lowest BCUT2D eigenvalue weighted by atomic mass is 9.74. The number of fused-ring (bicyclic) bond motifs is 5. The number of aliphatic hydroxyl groups is 1. The topological polar surface area (TPSA) is 117 Å². The highest BCUT2D eigenvalue weighted by Crippen LogP contribution is 2.48.